The van der Waals surface area contributed by atoms with Crippen LogP contribution in [0.4, 0.5) is 5.69 Å². The Bertz CT molecular complexity index is 555. The molecule has 0 radical (unpaired) electrons. The maximum atomic E-state index is 11.6. The summed E-state index contributed by atoms with van der Waals surface area (Å²) in [5, 5.41) is 1.00. The molecule has 2 rings (SSSR count). The van der Waals surface area contributed by atoms with Crippen molar-refractivity contribution in [3.8, 4) is 0 Å². The Kier molecular flexibility index (Phi) is 1.81. The minimum absolute atomic E-state index is 0.0438. The van der Waals surface area contributed by atoms with Crippen molar-refractivity contribution in [2.24, 2.45) is 7.05 Å². The molecule has 0 bridgehead atoms. The first kappa shape index (κ1) is 8.81. The van der Waals surface area contributed by atoms with Gasteiger partial charge in [-0.05, 0) is 31.2 Å². The number of pyridine rings is 1. The second-order valence-electron chi connectivity index (χ2n) is 3.51. The highest BCUT2D eigenvalue weighted by Crippen LogP contribution is 2.15. The number of benzene rings is 1. The average Bonchev–Trinajstić information content (AvgIpc) is 2.14. The Hall–Kier alpha value is -1.77. The van der Waals surface area contributed by atoms with E-state index in [0.29, 0.717) is 0 Å². The summed E-state index contributed by atoms with van der Waals surface area (Å²) in [5.41, 5.74) is 8.09. The summed E-state index contributed by atoms with van der Waals surface area (Å²) in [6.07, 6.45) is 0. The van der Waals surface area contributed by atoms with Crippen molar-refractivity contribution >= 4 is 16.6 Å². The molecule has 1 heterocycles. The van der Waals surface area contributed by atoms with Crippen LogP contribution in [0.5, 0.6) is 0 Å². The van der Waals surface area contributed by atoms with Crippen LogP contribution in [0.2, 0.25) is 0 Å². The molecule has 3 heteroatoms. The van der Waals surface area contributed by atoms with Gasteiger partial charge in [0.15, 0.2) is 0 Å². The number of fused-ring (bicyclic) bond motifs is 1. The van der Waals surface area contributed by atoms with Crippen LogP contribution in [0.1, 0.15) is 5.56 Å². The van der Waals surface area contributed by atoms with Gasteiger partial charge >= 0.3 is 0 Å². The third-order valence-electron chi connectivity index (χ3n) is 2.43. The van der Waals surface area contributed by atoms with Crippen LogP contribution in [0.3, 0.4) is 0 Å². The number of hydrogen-bond donors (Lipinski definition) is 1. The molecule has 0 aliphatic heterocycles. The molecule has 0 saturated heterocycles. The molecule has 2 aromatic rings. The fourth-order valence-corrected chi connectivity index (χ4v) is 1.66. The lowest BCUT2D eigenvalue weighted by Gasteiger charge is -2.06. The summed E-state index contributed by atoms with van der Waals surface area (Å²) in [4.78, 5) is 11.6. The Morgan fingerprint density at radius 2 is 2.00 bits per heavy atom. The largest absolute Gasteiger partial charge is 0.399 e. The van der Waals surface area contributed by atoms with Gasteiger partial charge in [-0.25, -0.2) is 0 Å². The Labute approximate surface area is 81.8 Å². The fourth-order valence-electron chi connectivity index (χ4n) is 1.66. The number of rotatable bonds is 0. The average molecular weight is 188 g/mol. The highest BCUT2D eigenvalue weighted by atomic mass is 16.1. The van der Waals surface area contributed by atoms with Gasteiger partial charge in [0.05, 0.1) is 5.52 Å². The summed E-state index contributed by atoms with van der Waals surface area (Å²) in [7, 11) is 1.77. The molecule has 1 aromatic heterocycles. The summed E-state index contributed by atoms with van der Waals surface area (Å²) >= 11 is 0. The molecule has 0 unspecified atom stereocenters. The van der Waals surface area contributed by atoms with Crippen molar-refractivity contribution in [1.82, 2.24) is 4.57 Å². The first-order chi connectivity index (χ1) is 6.59. The summed E-state index contributed by atoms with van der Waals surface area (Å²) in [6.45, 7) is 1.81. The lowest BCUT2D eigenvalue weighted by Crippen LogP contribution is -2.19. The second-order valence-corrected chi connectivity index (χ2v) is 3.51. The molecule has 2 N–H and O–H groups in total. The quantitative estimate of drug-likeness (QED) is 0.636. The van der Waals surface area contributed by atoms with E-state index in [0.717, 1.165) is 22.2 Å². The van der Waals surface area contributed by atoms with Gasteiger partial charge in [0.1, 0.15) is 0 Å². The van der Waals surface area contributed by atoms with Crippen LogP contribution >= 0.6 is 0 Å². The zero-order valence-electron chi connectivity index (χ0n) is 8.24. The molecule has 0 aliphatic rings. The lowest BCUT2D eigenvalue weighted by molar-refractivity contribution is 0.893. The monoisotopic (exact) mass is 188 g/mol. The first-order valence-electron chi connectivity index (χ1n) is 4.45. The van der Waals surface area contributed by atoms with Gasteiger partial charge in [0.2, 0.25) is 0 Å². The predicted octanol–water partition coefficient (Wildman–Crippen LogP) is 1.43. The highest BCUT2D eigenvalue weighted by Gasteiger charge is 2.02. The zero-order valence-corrected chi connectivity index (χ0v) is 8.24. The Balaban J connectivity index is 2.98. The van der Waals surface area contributed by atoms with Crippen LogP contribution in [-0.2, 0) is 7.05 Å². The van der Waals surface area contributed by atoms with Crippen molar-refractivity contribution in [2.75, 3.05) is 5.73 Å². The van der Waals surface area contributed by atoms with Gasteiger partial charge in [-0.15, -0.1) is 0 Å². The molecule has 1 aromatic carbocycles. The zero-order chi connectivity index (χ0) is 10.3. The molecule has 0 fully saturated rings. The topological polar surface area (TPSA) is 48.0 Å². The van der Waals surface area contributed by atoms with E-state index in [1.54, 1.807) is 17.7 Å². The van der Waals surface area contributed by atoms with Gasteiger partial charge in [-0.2, -0.15) is 0 Å². The van der Waals surface area contributed by atoms with E-state index in [-0.39, 0.29) is 5.56 Å². The molecular weight excluding hydrogens is 176 g/mol. The molecule has 0 atom stereocenters. The summed E-state index contributed by atoms with van der Waals surface area (Å²) in [5.74, 6) is 0. The predicted molar refractivity (Wildman–Crippen MR) is 58.3 cm³/mol. The van der Waals surface area contributed by atoms with Crippen LogP contribution in [-0.4, -0.2) is 4.57 Å². The number of nitrogen functional groups attached to an aromatic ring is 1. The Morgan fingerprint density at radius 1 is 1.29 bits per heavy atom. The van der Waals surface area contributed by atoms with E-state index in [9.17, 15) is 4.79 Å². The van der Waals surface area contributed by atoms with Gasteiger partial charge < -0.3 is 10.3 Å². The molecule has 3 nitrogen and oxygen atoms in total. The van der Waals surface area contributed by atoms with Crippen molar-refractivity contribution < 1.29 is 0 Å². The van der Waals surface area contributed by atoms with Crippen molar-refractivity contribution in [2.45, 2.75) is 6.92 Å². The first-order valence-corrected chi connectivity index (χ1v) is 4.45. The summed E-state index contributed by atoms with van der Waals surface area (Å²) < 4.78 is 1.64. The van der Waals surface area contributed by atoms with Crippen molar-refractivity contribution in [1.29, 1.82) is 0 Å². The number of aromatic nitrogens is 1. The molecule has 0 amide bonds. The fraction of sp³-hybridized carbons (Fsp3) is 0.182. The maximum absolute atomic E-state index is 11.6. The highest BCUT2D eigenvalue weighted by molar-refractivity contribution is 5.82. The van der Waals surface area contributed by atoms with E-state index in [2.05, 4.69) is 0 Å². The third-order valence-corrected chi connectivity index (χ3v) is 2.43. The molecule has 0 aliphatic carbocycles. The normalized spacial score (nSPS) is 10.7. The number of aryl methyl sites for hydroxylation is 2. The number of anilines is 1. The molecule has 14 heavy (non-hydrogen) atoms. The number of nitrogens with two attached hydrogens (primary N) is 1. The van der Waals surface area contributed by atoms with Gasteiger partial charge in [-0.3, -0.25) is 4.79 Å². The second kappa shape index (κ2) is 2.87. The van der Waals surface area contributed by atoms with Crippen LogP contribution in [0.15, 0.2) is 29.1 Å². The minimum atomic E-state index is 0.0438. The Morgan fingerprint density at radius 3 is 2.71 bits per heavy atom. The molecule has 72 valence electrons. The van der Waals surface area contributed by atoms with E-state index in [4.69, 9.17) is 5.73 Å². The van der Waals surface area contributed by atoms with E-state index < -0.39 is 0 Å². The summed E-state index contributed by atoms with van der Waals surface area (Å²) in [6, 6.07) is 7.42. The van der Waals surface area contributed by atoms with Crippen LogP contribution in [0.25, 0.3) is 10.9 Å². The third kappa shape index (κ3) is 1.18. The SMILES string of the molecule is Cc1cc2cc(N)ccc2n(C)c1=O. The molecular formula is C11H12N2O. The number of nitrogens with zero attached hydrogens (tertiary/aromatic N) is 1. The smallest absolute Gasteiger partial charge is 0.253 e. The van der Waals surface area contributed by atoms with E-state index >= 15 is 0 Å². The van der Waals surface area contributed by atoms with Gasteiger partial charge in [0, 0.05) is 23.7 Å². The molecule has 0 saturated carbocycles. The van der Waals surface area contributed by atoms with E-state index in [1.807, 2.05) is 25.1 Å². The minimum Gasteiger partial charge on any atom is -0.399 e. The van der Waals surface area contributed by atoms with Crippen molar-refractivity contribution in [3.05, 3.63) is 40.2 Å². The standard InChI is InChI=1S/C11H12N2O/c1-7-5-8-6-9(12)3-4-10(8)13(2)11(7)14/h3-6H,12H2,1-2H3. The maximum Gasteiger partial charge on any atom is 0.253 e. The lowest BCUT2D eigenvalue weighted by atomic mass is 10.1. The number of hydrogen-bond acceptors (Lipinski definition) is 2. The van der Waals surface area contributed by atoms with E-state index in [1.165, 1.54) is 0 Å². The van der Waals surface area contributed by atoms with Gasteiger partial charge in [0.25, 0.3) is 5.56 Å². The van der Waals surface area contributed by atoms with Gasteiger partial charge in [-0.1, -0.05) is 0 Å². The van der Waals surface area contributed by atoms with Crippen LogP contribution < -0.4 is 11.3 Å². The molecule has 0 spiro atoms. The van der Waals surface area contributed by atoms with Crippen molar-refractivity contribution in [3.63, 3.8) is 0 Å². The van der Waals surface area contributed by atoms with Crippen LogP contribution in [0, 0.1) is 6.92 Å².